The third kappa shape index (κ3) is 2.58. The zero-order valence-electron chi connectivity index (χ0n) is 12.9. The lowest BCUT2D eigenvalue weighted by molar-refractivity contribution is 0.102. The molecule has 0 saturated carbocycles. The molecule has 7 nitrogen and oxygen atoms in total. The summed E-state index contributed by atoms with van der Waals surface area (Å²) in [5.41, 5.74) is -0.264. The summed E-state index contributed by atoms with van der Waals surface area (Å²) in [5.74, 6) is -0.906. The molecule has 8 heteroatoms. The predicted octanol–water partition coefficient (Wildman–Crippen LogP) is 1.02. The molecule has 0 bridgehead atoms. The first-order chi connectivity index (χ1) is 11.4. The molecule has 0 aliphatic heterocycles. The highest BCUT2D eigenvalue weighted by Crippen LogP contribution is 2.12. The van der Waals surface area contributed by atoms with Crippen LogP contribution in [0, 0.1) is 5.82 Å². The van der Waals surface area contributed by atoms with Gasteiger partial charge in [-0.25, -0.2) is 14.2 Å². The quantitative estimate of drug-likeness (QED) is 0.761. The maximum atomic E-state index is 12.9. The highest BCUT2D eigenvalue weighted by Gasteiger charge is 2.13. The Morgan fingerprint density at radius 2 is 1.79 bits per heavy atom. The molecular weight excluding hydrogens is 315 g/mol. The van der Waals surface area contributed by atoms with Crippen molar-refractivity contribution in [3.8, 4) is 0 Å². The van der Waals surface area contributed by atoms with Gasteiger partial charge in [0.15, 0.2) is 0 Å². The van der Waals surface area contributed by atoms with Crippen molar-refractivity contribution < 1.29 is 9.18 Å². The molecule has 3 rings (SSSR count). The number of pyridine rings is 1. The van der Waals surface area contributed by atoms with Crippen LogP contribution in [0.2, 0.25) is 0 Å². The molecule has 122 valence electrons. The number of hydrogen-bond acceptors (Lipinski definition) is 4. The molecular formula is C16H13FN4O3. The van der Waals surface area contributed by atoms with E-state index in [4.69, 9.17) is 0 Å². The van der Waals surface area contributed by atoms with Gasteiger partial charge in [0.2, 0.25) is 0 Å². The second-order valence-electron chi connectivity index (χ2n) is 5.26. The second-order valence-corrected chi connectivity index (χ2v) is 5.26. The minimum absolute atomic E-state index is 0.155. The van der Waals surface area contributed by atoms with Gasteiger partial charge in [-0.15, -0.1) is 0 Å². The van der Waals surface area contributed by atoms with E-state index < -0.39 is 23.0 Å². The number of fused-ring (bicyclic) bond motifs is 1. The average molecular weight is 328 g/mol. The molecule has 1 N–H and O–H groups in total. The van der Waals surface area contributed by atoms with Gasteiger partial charge >= 0.3 is 5.69 Å². The fourth-order valence-electron chi connectivity index (χ4n) is 2.33. The first-order valence-electron chi connectivity index (χ1n) is 7.01. The number of anilines is 1. The predicted molar refractivity (Wildman–Crippen MR) is 86.6 cm³/mol. The molecule has 0 fully saturated rings. The smallest absolute Gasteiger partial charge is 0.322 e. The Kier molecular flexibility index (Phi) is 3.72. The molecule has 0 saturated heterocycles. The summed E-state index contributed by atoms with van der Waals surface area (Å²) in [6.07, 6.45) is 1.28. The van der Waals surface area contributed by atoms with Crippen LogP contribution in [0.3, 0.4) is 0 Å². The van der Waals surface area contributed by atoms with Gasteiger partial charge in [-0.2, -0.15) is 0 Å². The Hall–Kier alpha value is -3.29. The molecule has 2 heterocycles. The van der Waals surface area contributed by atoms with Crippen LogP contribution >= 0.6 is 0 Å². The summed E-state index contributed by atoms with van der Waals surface area (Å²) < 4.78 is 15.1. The lowest BCUT2D eigenvalue weighted by Gasteiger charge is -2.08. The highest BCUT2D eigenvalue weighted by molar-refractivity contribution is 6.05. The number of nitrogens with one attached hydrogen (secondary N) is 1. The summed E-state index contributed by atoms with van der Waals surface area (Å²) >= 11 is 0. The number of nitrogens with zero attached hydrogens (tertiary/aromatic N) is 3. The van der Waals surface area contributed by atoms with Crippen LogP contribution in [0.5, 0.6) is 0 Å². The number of benzene rings is 1. The molecule has 3 aromatic rings. The minimum atomic E-state index is -0.531. The Morgan fingerprint density at radius 1 is 1.12 bits per heavy atom. The zero-order valence-corrected chi connectivity index (χ0v) is 12.9. The van der Waals surface area contributed by atoms with Gasteiger partial charge in [0.25, 0.3) is 11.5 Å². The van der Waals surface area contributed by atoms with Crippen molar-refractivity contribution in [3.05, 3.63) is 68.7 Å². The lowest BCUT2D eigenvalue weighted by atomic mass is 10.2. The largest absolute Gasteiger partial charge is 0.332 e. The van der Waals surface area contributed by atoms with Crippen LogP contribution in [0.1, 0.15) is 10.4 Å². The lowest BCUT2D eigenvalue weighted by Crippen LogP contribution is -2.37. The van der Waals surface area contributed by atoms with Gasteiger partial charge in [-0.3, -0.25) is 18.7 Å². The number of amides is 1. The Balaban J connectivity index is 2.04. The van der Waals surface area contributed by atoms with Crippen LogP contribution in [0.15, 0.2) is 46.1 Å². The van der Waals surface area contributed by atoms with Crippen LogP contribution in [0.25, 0.3) is 11.0 Å². The van der Waals surface area contributed by atoms with E-state index in [0.717, 1.165) is 4.57 Å². The van der Waals surface area contributed by atoms with E-state index in [1.807, 2.05) is 0 Å². The molecule has 0 radical (unpaired) electrons. The second kappa shape index (κ2) is 5.73. The molecule has 2 aromatic heterocycles. The van der Waals surface area contributed by atoms with E-state index in [0.29, 0.717) is 5.69 Å². The van der Waals surface area contributed by atoms with E-state index in [-0.39, 0.29) is 16.6 Å². The van der Waals surface area contributed by atoms with E-state index in [2.05, 4.69) is 10.3 Å². The van der Waals surface area contributed by atoms with Gasteiger partial charge in [0, 0.05) is 26.0 Å². The fourth-order valence-corrected chi connectivity index (χ4v) is 2.33. The van der Waals surface area contributed by atoms with Crippen molar-refractivity contribution in [2.45, 2.75) is 0 Å². The number of aryl methyl sites for hydroxylation is 1. The van der Waals surface area contributed by atoms with Gasteiger partial charge in [-0.1, -0.05) is 0 Å². The Labute approximate surface area is 135 Å². The van der Waals surface area contributed by atoms with Crippen molar-refractivity contribution >= 4 is 22.6 Å². The topological polar surface area (TPSA) is 86.0 Å². The maximum Gasteiger partial charge on any atom is 0.332 e. The number of hydrogen-bond donors (Lipinski definition) is 1. The monoisotopic (exact) mass is 328 g/mol. The van der Waals surface area contributed by atoms with Crippen LogP contribution in [-0.2, 0) is 14.1 Å². The Morgan fingerprint density at radius 3 is 2.46 bits per heavy atom. The standard InChI is InChI=1S/C16H13FN4O3/c1-20-13-12(15(23)21(2)16(20)24)7-9(8-18-13)14(22)19-11-5-3-10(17)4-6-11/h3-8H,1-2H3,(H,19,22). The molecule has 0 aliphatic carbocycles. The van der Waals surface area contributed by atoms with Crippen molar-refractivity contribution in [2.75, 3.05) is 5.32 Å². The fraction of sp³-hybridized carbons (Fsp3) is 0.125. The van der Waals surface area contributed by atoms with Crippen molar-refractivity contribution in [1.82, 2.24) is 14.1 Å². The van der Waals surface area contributed by atoms with Gasteiger partial charge in [0.1, 0.15) is 11.5 Å². The highest BCUT2D eigenvalue weighted by atomic mass is 19.1. The van der Waals surface area contributed by atoms with Crippen LogP contribution < -0.4 is 16.6 Å². The molecule has 0 atom stereocenters. The average Bonchev–Trinajstić information content (AvgIpc) is 2.59. The first kappa shape index (κ1) is 15.6. The third-order valence-corrected chi connectivity index (χ3v) is 3.66. The SMILES string of the molecule is Cn1c(=O)c2cc(C(=O)Nc3ccc(F)cc3)cnc2n(C)c1=O. The number of rotatable bonds is 2. The molecule has 24 heavy (non-hydrogen) atoms. The molecule has 1 amide bonds. The third-order valence-electron chi connectivity index (χ3n) is 3.66. The van der Waals surface area contributed by atoms with Crippen molar-refractivity contribution in [1.29, 1.82) is 0 Å². The number of carbonyl (C=O) groups excluding carboxylic acids is 1. The minimum Gasteiger partial charge on any atom is -0.322 e. The number of carbonyl (C=O) groups is 1. The van der Waals surface area contributed by atoms with Gasteiger partial charge in [0.05, 0.1) is 10.9 Å². The first-order valence-corrected chi connectivity index (χ1v) is 7.01. The van der Waals surface area contributed by atoms with Crippen LogP contribution in [0.4, 0.5) is 10.1 Å². The van der Waals surface area contributed by atoms with E-state index in [9.17, 15) is 18.8 Å². The molecule has 0 unspecified atom stereocenters. The summed E-state index contributed by atoms with van der Waals surface area (Å²) in [4.78, 5) is 40.4. The zero-order chi connectivity index (χ0) is 17.4. The van der Waals surface area contributed by atoms with Gasteiger partial charge < -0.3 is 5.32 Å². The summed E-state index contributed by atoms with van der Waals surface area (Å²) in [6, 6.07) is 6.66. The molecule has 0 spiro atoms. The normalized spacial score (nSPS) is 10.8. The van der Waals surface area contributed by atoms with E-state index in [1.165, 1.54) is 55.2 Å². The Bertz CT molecular complexity index is 1070. The van der Waals surface area contributed by atoms with Crippen molar-refractivity contribution in [3.63, 3.8) is 0 Å². The number of aromatic nitrogens is 3. The van der Waals surface area contributed by atoms with Crippen LogP contribution in [-0.4, -0.2) is 20.0 Å². The molecule has 1 aromatic carbocycles. The molecule has 0 aliphatic rings. The summed E-state index contributed by atoms with van der Waals surface area (Å²) in [5, 5.41) is 2.75. The summed E-state index contributed by atoms with van der Waals surface area (Å²) in [7, 11) is 2.85. The summed E-state index contributed by atoms with van der Waals surface area (Å²) in [6.45, 7) is 0. The van der Waals surface area contributed by atoms with E-state index in [1.54, 1.807) is 0 Å². The van der Waals surface area contributed by atoms with E-state index >= 15 is 0 Å². The van der Waals surface area contributed by atoms with Gasteiger partial charge in [-0.05, 0) is 30.3 Å². The number of halogens is 1. The maximum absolute atomic E-state index is 12.9. The van der Waals surface area contributed by atoms with Crippen molar-refractivity contribution in [2.24, 2.45) is 14.1 Å².